The Labute approximate surface area is 211 Å². The first-order valence-electron chi connectivity index (χ1n) is 12.3. The van der Waals surface area contributed by atoms with Gasteiger partial charge in [-0.2, -0.15) is 0 Å². The van der Waals surface area contributed by atoms with Gasteiger partial charge in [0.25, 0.3) is 0 Å². The Bertz CT molecular complexity index is 1220. The van der Waals surface area contributed by atoms with Crippen molar-refractivity contribution in [2.75, 3.05) is 42.4 Å². The van der Waals surface area contributed by atoms with E-state index in [4.69, 9.17) is 0 Å². The number of carbonyl (C=O) groups excluding carboxylic acids is 1. The van der Waals surface area contributed by atoms with E-state index in [0.717, 1.165) is 46.8 Å². The van der Waals surface area contributed by atoms with Crippen molar-refractivity contribution in [3.8, 4) is 0 Å². The van der Waals surface area contributed by atoms with Gasteiger partial charge in [-0.25, -0.2) is 4.39 Å². The molecule has 8 heteroatoms. The van der Waals surface area contributed by atoms with Crippen LogP contribution in [0.5, 0.6) is 0 Å². The number of fused-ring (bicyclic) bond motifs is 1. The first kappa shape index (κ1) is 23.8. The number of nitrogens with zero attached hydrogens (tertiary/aromatic N) is 3. The molecule has 2 aliphatic heterocycles. The number of hydrazine groups is 1. The van der Waals surface area contributed by atoms with Gasteiger partial charge >= 0.3 is 0 Å². The fraction of sp³-hybridized carbons (Fsp3) is 0.286. The standard InChI is InChI=1S/C28H31FN6O/c1-2-27(36)32-24-5-3-4-20(16-24)28-26-10-13-30-17-21(26)11-14-35(28)33-23-8-6-22(7-9-23)31-25-18-34(19-25)15-12-29/h3-11,13-14,16-17,25,28,31,33H,2,12,15,18-19H2,1H3,(H,32,36). The number of hydrogen-bond acceptors (Lipinski definition) is 6. The highest BCUT2D eigenvalue weighted by Gasteiger charge is 2.27. The number of nitrogens with one attached hydrogen (secondary N) is 3. The molecule has 1 unspecified atom stereocenters. The van der Waals surface area contributed by atoms with Crippen molar-refractivity contribution >= 4 is 29.0 Å². The molecule has 3 heterocycles. The molecule has 3 N–H and O–H groups in total. The monoisotopic (exact) mass is 486 g/mol. The molecule has 2 aromatic carbocycles. The smallest absolute Gasteiger partial charge is 0.224 e. The predicted molar refractivity (Wildman–Crippen MR) is 142 cm³/mol. The summed E-state index contributed by atoms with van der Waals surface area (Å²) >= 11 is 0. The van der Waals surface area contributed by atoms with Crippen molar-refractivity contribution in [1.82, 2.24) is 14.9 Å². The van der Waals surface area contributed by atoms with Crippen molar-refractivity contribution in [2.24, 2.45) is 0 Å². The average molecular weight is 487 g/mol. The maximum Gasteiger partial charge on any atom is 0.224 e. The van der Waals surface area contributed by atoms with E-state index in [1.165, 1.54) is 0 Å². The van der Waals surface area contributed by atoms with E-state index in [9.17, 15) is 9.18 Å². The lowest BCUT2D eigenvalue weighted by Crippen LogP contribution is -2.55. The number of pyridine rings is 1. The van der Waals surface area contributed by atoms with Crippen LogP contribution in [0.4, 0.5) is 21.5 Å². The summed E-state index contributed by atoms with van der Waals surface area (Å²) in [5, 5.41) is 8.55. The van der Waals surface area contributed by atoms with Gasteiger partial charge in [0, 0.05) is 56.0 Å². The maximum atomic E-state index is 12.5. The second kappa shape index (κ2) is 10.8. The molecule has 36 heavy (non-hydrogen) atoms. The SMILES string of the molecule is CCC(=O)Nc1cccc(C2c3ccncc3C=CN2Nc2ccc(NC3CN(CCF)C3)cc2)c1. The van der Waals surface area contributed by atoms with Gasteiger partial charge in [0.2, 0.25) is 5.91 Å². The van der Waals surface area contributed by atoms with Crippen LogP contribution in [0.1, 0.15) is 36.1 Å². The number of alkyl halides is 1. The van der Waals surface area contributed by atoms with E-state index < -0.39 is 0 Å². The minimum absolute atomic E-state index is 0.0130. The summed E-state index contributed by atoms with van der Waals surface area (Å²) in [6, 6.07) is 18.5. The molecule has 0 bridgehead atoms. The van der Waals surface area contributed by atoms with Crippen LogP contribution in [-0.4, -0.2) is 53.2 Å². The molecule has 1 saturated heterocycles. The number of benzene rings is 2. The zero-order chi connectivity index (χ0) is 24.9. The maximum absolute atomic E-state index is 12.5. The molecule has 3 aromatic rings. The largest absolute Gasteiger partial charge is 0.380 e. The Morgan fingerprint density at radius 2 is 1.89 bits per heavy atom. The van der Waals surface area contributed by atoms with Gasteiger partial charge in [0.1, 0.15) is 12.7 Å². The normalized spacial score (nSPS) is 17.3. The molecular weight excluding hydrogens is 455 g/mol. The minimum atomic E-state index is -0.294. The van der Waals surface area contributed by atoms with Crippen molar-refractivity contribution in [1.29, 1.82) is 0 Å². The zero-order valence-corrected chi connectivity index (χ0v) is 20.3. The molecule has 0 radical (unpaired) electrons. The van der Waals surface area contributed by atoms with Crippen molar-refractivity contribution in [2.45, 2.75) is 25.4 Å². The highest BCUT2D eigenvalue weighted by Crippen LogP contribution is 2.36. The average Bonchev–Trinajstić information content (AvgIpc) is 2.88. The quantitative estimate of drug-likeness (QED) is 0.400. The van der Waals surface area contributed by atoms with Crippen LogP contribution in [-0.2, 0) is 4.79 Å². The lowest BCUT2D eigenvalue weighted by Gasteiger charge is -2.39. The number of anilines is 3. The van der Waals surface area contributed by atoms with Crippen LogP contribution >= 0.6 is 0 Å². The molecule has 7 nitrogen and oxygen atoms in total. The van der Waals surface area contributed by atoms with Gasteiger partial charge in [0.05, 0.1) is 11.7 Å². The molecule has 0 spiro atoms. The van der Waals surface area contributed by atoms with E-state index in [1.807, 2.05) is 68.0 Å². The summed E-state index contributed by atoms with van der Waals surface area (Å²) in [6.07, 6.45) is 8.17. The fourth-order valence-electron chi connectivity index (χ4n) is 4.67. The predicted octanol–water partition coefficient (Wildman–Crippen LogP) is 4.90. The fourth-order valence-corrected chi connectivity index (χ4v) is 4.67. The second-order valence-corrected chi connectivity index (χ2v) is 9.14. The molecule has 2 aliphatic rings. The molecule has 1 atom stereocenters. The van der Waals surface area contributed by atoms with Crippen LogP contribution in [0.15, 0.2) is 73.2 Å². The van der Waals surface area contributed by atoms with E-state index >= 15 is 0 Å². The number of halogens is 1. The van der Waals surface area contributed by atoms with Gasteiger partial charge in [0.15, 0.2) is 0 Å². The summed E-state index contributed by atoms with van der Waals surface area (Å²) in [5.41, 5.74) is 9.55. The highest BCUT2D eigenvalue weighted by atomic mass is 19.1. The van der Waals surface area contributed by atoms with Crippen LogP contribution in [0, 0.1) is 0 Å². The summed E-state index contributed by atoms with van der Waals surface area (Å²) in [6.45, 7) is 3.80. The Morgan fingerprint density at radius 3 is 2.67 bits per heavy atom. The zero-order valence-electron chi connectivity index (χ0n) is 20.3. The molecule has 1 aromatic heterocycles. The van der Waals surface area contributed by atoms with E-state index in [2.05, 4.69) is 49.2 Å². The summed E-state index contributed by atoms with van der Waals surface area (Å²) in [5.74, 6) is -0.0130. The van der Waals surface area contributed by atoms with Crippen molar-refractivity contribution in [3.63, 3.8) is 0 Å². The van der Waals surface area contributed by atoms with Gasteiger partial charge in [-0.1, -0.05) is 19.1 Å². The minimum Gasteiger partial charge on any atom is -0.380 e. The Hall–Kier alpha value is -3.91. The van der Waals surface area contributed by atoms with Crippen LogP contribution in [0.2, 0.25) is 0 Å². The van der Waals surface area contributed by atoms with Crippen LogP contribution in [0.3, 0.4) is 0 Å². The Balaban J connectivity index is 1.33. The van der Waals surface area contributed by atoms with Gasteiger partial charge in [-0.15, -0.1) is 0 Å². The molecule has 0 aliphatic carbocycles. The topological polar surface area (TPSA) is 72.5 Å². The highest BCUT2D eigenvalue weighted by molar-refractivity contribution is 5.90. The molecule has 5 rings (SSSR count). The third-order valence-corrected chi connectivity index (χ3v) is 6.55. The third-order valence-electron chi connectivity index (χ3n) is 6.55. The summed E-state index contributed by atoms with van der Waals surface area (Å²) in [4.78, 5) is 18.4. The molecule has 186 valence electrons. The second-order valence-electron chi connectivity index (χ2n) is 9.14. The van der Waals surface area contributed by atoms with E-state index in [0.29, 0.717) is 19.0 Å². The number of rotatable bonds is 9. The summed E-state index contributed by atoms with van der Waals surface area (Å²) < 4.78 is 12.5. The van der Waals surface area contributed by atoms with Gasteiger partial charge in [-0.05, 0) is 65.2 Å². The number of hydrogen-bond donors (Lipinski definition) is 3. The van der Waals surface area contributed by atoms with Crippen LogP contribution < -0.4 is 16.1 Å². The third kappa shape index (κ3) is 5.33. The molecule has 0 saturated carbocycles. The van der Waals surface area contributed by atoms with E-state index in [1.54, 1.807) is 0 Å². The number of carbonyl (C=O) groups is 1. The Kier molecular flexibility index (Phi) is 7.13. The lowest BCUT2D eigenvalue weighted by molar-refractivity contribution is -0.115. The van der Waals surface area contributed by atoms with E-state index in [-0.39, 0.29) is 18.6 Å². The molecule has 1 amide bonds. The van der Waals surface area contributed by atoms with Gasteiger partial charge in [-0.3, -0.25) is 25.1 Å². The number of likely N-dealkylation sites (tertiary alicyclic amines) is 1. The number of amides is 1. The number of aromatic nitrogens is 1. The van der Waals surface area contributed by atoms with Crippen molar-refractivity contribution in [3.05, 3.63) is 89.9 Å². The van der Waals surface area contributed by atoms with Crippen molar-refractivity contribution < 1.29 is 9.18 Å². The Morgan fingerprint density at radius 1 is 1.08 bits per heavy atom. The molecular formula is C28H31FN6O. The first-order valence-corrected chi connectivity index (χ1v) is 12.3. The van der Waals surface area contributed by atoms with Crippen LogP contribution in [0.25, 0.3) is 6.08 Å². The first-order chi connectivity index (χ1) is 17.6. The van der Waals surface area contributed by atoms with Gasteiger partial charge < -0.3 is 10.6 Å². The summed E-state index contributed by atoms with van der Waals surface area (Å²) in [7, 11) is 0. The lowest BCUT2D eigenvalue weighted by atomic mass is 9.93. The molecule has 1 fully saturated rings.